The lowest BCUT2D eigenvalue weighted by Gasteiger charge is -2.17. The molecule has 2 unspecified atom stereocenters. The Morgan fingerprint density at radius 2 is 0.696 bits per heavy atom. The van der Waals surface area contributed by atoms with Crippen LogP contribution in [-0.2, 0) is 0 Å². The van der Waals surface area contributed by atoms with Gasteiger partial charge in [-0.25, -0.2) is 9.55 Å². The first-order chi connectivity index (χ1) is 22.7. The zero-order chi connectivity index (χ0) is 33.2. The third kappa shape index (κ3) is 25.3. The Morgan fingerprint density at radius 1 is 0.413 bits per heavy atom. The zero-order valence-corrected chi connectivity index (χ0v) is 32.5. The minimum absolute atomic E-state index is 0.619. The SMILES string of the molecule is CCCCCCCCCCCCCCCCC(CCCCCCCCCCCCC)c1[nH]cc[n+]1C(C)CCCCCCCCC. The van der Waals surface area contributed by atoms with E-state index in [1.807, 2.05) is 0 Å². The maximum Gasteiger partial charge on any atom is 0.257 e. The average molecular weight is 644 g/mol. The molecule has 2 heteroatoms. The van der Waals surface area contributed by atoms with Gasteiger partial charge in [0.05, 0.1) is 12.0 Å². The molecule has 0 aliphatic rings. The topological polar surface area (TPSA) is 19.7 Å². The molecule has 1 aromatic heterocycles. The van der Waals surface area contributed by atoms with Gasteiger partial charge < -0.3 is 0 Å². The second-order valence-electron chi connectivity index (χ2n) is 15.4. The van der Waals surface area contributed by atoms with Gasteiger partial charge in [-0.2, -0.15) is 0 Å². The molecule has 0 spiro atoms. The van der Waals surface area contributed by atoms with Crippen LogP contribution in [0.25, 0.3) is 0 Å². The van der Waals surface area contributed by atoms with E-state index in [0.29, 0.717) is 12.0 Å². The third-order valence-corrected chi connectivity index (χ3v) is 10.9. The van der Waals surface area contributed by atoms with E-state index in [2.05, 4.69) is 49.6 Å². The number of aromatic amines is 1. The number of imidazole rings is 1. The molecule has 0 fully saturated rings. The molecule has 0 amide bonds. The summed E-state index contributed by atoms with van der Waals surface area (Å²) in [5.74, 6) is 2.25. The first-order valence-corrected chi connectivity index (χ1v) is 21.8. The molecule has 0 saturated carbocycles. The molecule has 0 radical (unpaired) electrons. The fourth-order valence-electron chi connectivity index (χ4n) is 7.66. The Labute approximate surface area is 291 Å². The standard InChI is InChI=1S/C44H86N2/c1-5-8-11-14-17-19-21-22-23-25-27-30-33-36-39-43(38-35-32-29-26-24-20-18-15-12-9-6-2)44-45-40-41-46(44)42(4)37-34-31-28-16-13-10-7-3/h40-43H,5-39H2,1-4H3/p+1. The lowest BCUT2D eigenvalue weighted by atomic mass is 9.92. The third-order valence-electron chi connectivity index (χ3n) is 10.9. The summed E-state index contributed by atoms with van der Waals surface area (Å²) in [6.07, 6.45) is 54.6. The number of hydrogen-bond donors (Lipinski definition) is 1. The van der Waals surface area contributed by atoms with Crippen molar-refractivity contribution >= 4 is 0 Å². The van der Waals surface area contributed by atoms with E-state index in [-0.39, 0.29) is 0 Å². The minimum Gasteiger partial charge on any atom is -0.247 e. The van der Waals surface area contributed by atoms with E-state index >= 15 is 0 Å². The highest BCUT2D eigenvalue weighted by atomic mass is 15.1. The zero-order valence-electron chi connectivity index (χ0n) is 32.5. The minimum atomic E-state index is 0.619. The number of nitrogens with zero attached hydrogens (tertiary/aromatic N) is 1. The van der Waals surface area contributed by atoms with Crippen molar-refractivity contribution in [2.45, 2.75) is 264 Å². The van der Waals surface area contributed by atoms with Gasteiger partial charge in [0.15, 0.2) is 0 Å². The van der Waals surface area contributed by atoms with Gasteiger partial charge in [0.1, 0.15) is 12.4 Å². The maximum absolute atomic E-state index is 3.76. The molecule has 0 aliphatic heterocycles. The number of unbranched alkanes of at least 4 members (excludes halogenated alkanes) is 29. The summed E-state index contributed by atoms with van der Waals surface area (Å²) in [7, 11) is 0. The van der Waals surface area contributed by atoms with Gasteiger partial charge >= 0.3 is 0 Å². The predicted octanol–water partition coefficient (Wildman–Crippen LogP) is 15.7. The molecule has 0 aliphatic carbocycles. The van der Waals surface area contributed by atoms with E-state index in [9.17, 15) is 0 Å². The number of H-pyrrole nitrogens is 1. The molecule has 2 atom stereocenters. The van der Waals surface area contributed by atoms with Crippen molar-refractivity contribution in [1.29, 1.82) is 0 Å². The smallest absolute Gasteiger partial charge is 0.247 e. The Kier molecular flexibility index (Phi) is 32.0. The van der Waals surface area contributed by atoms with Crippen molar-refractivity contribution < 1.29 is 4.57 Å². The van der Waals surface area contributed by atoms with Crippen molar-refractivity contribution in [3.05, 3.63) is 18.2 Å². The monoisotopic (exact) mass is 644 g/mol. The van der Waals surface area contributed by atoms with Crippen molar-refractivity contribution in [2.24, 2.45) is 0 Å². The largest absolute Gasteiger partial charge is 0.257 e. The fraction of sp³-hybridized carbons (Fsp3) is 0.932. The highest BCUT2D eigenvalue weighted by molar-refractivity contribution is 4.90. The van der Waals surface area contributed by atoms with Crippen LogP contribution in [0, 0.1) is 0 Å². The van der Waals surface area contributed by atoms with E-state index in [1.165, 1.54) is 231 Å². The van der Waals surface area contributed by atoms with Gasteiger partial charge in [-0.15, -0.1) is 0 Å². The molecule has 0 bridgehead atoms. The van der Waals surface area contributed by atoms with Gasteiger partial charge in [0.25, 0.3) is 5.82 Å². The average Bonchev–Trinajstić information content (AvgIpc) is 3.56. The second-order valence-corrected chi connectivity index (χ2v) is 15.4. The van der Waals surface area contributed by atoms with Gasteiger partial charge in [-0.3, -0.25) is 0 Å². The Morgan fingerprint density at radius 3 is 1.02 bits per heavy atom. The van der Waals surface area contributed by atoms with Crippen LogP contribution in [0.1, 0.15) is 270 Å². The summed E-state index contributed by atoms with van der Waals surface area (Å²) in [6.45, 7) is 9.42. The van der Waals surface area contributed by atoms with Crippen LogP contribution in [-0.4, -0.2) is 4.98 Å². The molecule has 1 heterocycles. The molecule has 272 valence electrons. The first-order valence-electron chi connectivity index (χ1n) is 21.8. The van der Waals surface area contributed by atoms with E-state index in [4.69, 9.17) is 0 Å². The molecule has 46 heavy (non-hydrogen) atoms. The highest BCUT2D eigenvalue weighted by Gasteiger charge is 2.25. The summed E-state index contributed by atoms with van der Waals surface area (Å²) in [6, 6.07) is 0.619. The quantitative estimate of drug-likeness (QED) is 0.0550. The molecule has 1 aromatic rings. The molecule has 2 nitrogen and oxygen atoms in total. The number of hydrogen-bond acceptors (Lipinski definition) is 0. The molecular formula is C44H87N2+. The summed E-state index contributed by atoms with van der Waals surface area (Å²) in [4.78, 5) is 3.76. The Hall–Kier alpha value is -0.790. The lowest BCUT2D eigenvalue weighted by molar-refractivity contribution is -0.727. The lowest BCUT2D eigenvalue weighted by Crippen LogP contribution is -2.41. The highest BCUT2D eigenvalue weighted by Crippen LogP contribution is 2.27. The first kappa shape index (κ1) is 43.2. The summed E-state index contributed by atoms with van der Waals surface area (Å²) >= 11 is 0. The van der Waals surface area contributed by atoms with Crippen LogP contribution in [0.5, 0.6) is 0 Å². The number of rotatable bonds is 37. The van der Waals surface area contributed by atoms with Crippen molar-refractivity contribution in [3.63, 3.8) is 0 Å². The van der Waals surface area contributed by atoms with Crippen LogP contribution >= 0.6 is 0 Å². The van der Waals surface area contributed by atoms with Gasteiger partial charge in [0.2, 0.25) is 0 Å². The maximum atomic E-state index is 3.76. The van der Waals surface area contributed by atoms with Gasteiger partial charge in [0, 0.05) is 0 Å². The molecule has 1 rings (SSSR count). The predicted molar refractivity (Wildman–Crippen MR) is 207 cm³/mol. The molecule has 0 aromatic carbocycles. The Bertz CT molecular complexity index is 709. The number of aromatic nitrogens is 2. The van der Waals surface area contributed by atoms with Gasteiger partial charge in [-0.1, -0.05) is 220 Å². The summed E-state index contributed by atoms with van der Waals surface area (Å²) in [5.41, 5.74) is 0. The second kappa shape index (κ2) is 34.1. The molecule has 0 saturated heterocycles. The van der Waals surface area contributed by atoms with E-state index < -0.39 is 0 Å². The van der Waals surface area contributed by atoms with Crippen molar-refractivity contribution in [2.75, 3.05) is 0 Å². The van der Waals surface area contributed by atoms with E-state index in [0.717, 1.165) is 0 Å². The fourth-order valence-corrected chi connectivity index (χ4v) is 7.66. The Balaban J connectivity index is 2.38. The van der Waals surface area contributed by atoms with Crippen LogP contribution in [0.3, 0.4) is 0 Å². The normalized spacial score (nSPS) is 13.0. The number of nitrogens with one attached hydrogen (secondary N) is 1. The van der Waals surface area contributed by atoms with Crippen LogP contribution in [0.4, 0.5) is 0 Å². The van der Waals surface area contributed by atoms with E-state index in [1.54, 1.807) is 0 Å². The van der Waals surface area contributed by atoms with Crippen LogP contribution in [0.15, 0.2) is 12.4 Å². The summed E-state index contributed by atoms with van der Waals surface area (Å²) < 4.78 is 2.64. The molecule has 1 N–H and O–H groups in total. The van der Waals surface area contributed by atoms with Crippen molar-refractivity contribution in [3.8, 4) is 0 Å². The molecular weight excluding hydrogens is 556 g/mol. The van der Waals surface area contributed by atoms with Crippen molar-refractivity contribution in [1.82, 2.24) is 4.98 Å². The van der Waals surface area contributed by atoms with Gasteiger partial charge in [-0.05, 0) is 32.6 Å². The summed E-state index contributed by atoms with van der Waals surface area (Å²) in [5, 5.41) is 0. The van der Waals surface area contributed by atoms with Crippen LogP contribution < -0.4 is 4.57 Å². The van der Waals surface area contributed by atoms with Crippen LogP contribution in [0.2, 0.25) is 0 Å².